The summed E-state index contributed by atoms with van der Waals surface area (Å²) in [5.74, 6) is 1.06. The maximum atomic E-state index is 13.4. The summed E-state index contributed by atoms with van der Waals surface area (Å²) in [7, 11) is -3.98. The average Bonchev–Trinajstić information content (AvgIpc) is 3.23. The third-order valence-corrected chi connectivity index (χ3v) is 10.0. The van der Waals surface area contributed by atoms with Crippen molar-refractivity contribution in [3.8, 4) is 5.75 Å². The van der Waals surface area contributed by atoms with Gasteiger partial charge in [-0.05, 0) is 66.3 Å². The number of hydrogen-bond acceptors (Lipinski definition) is 6. The molecular formula is C26H27NO5S2. The molecule has 3 saturated carbocycles. The first-order valence-corrected chi connectivity index (χ1v) is 13.7. The van der Waals surface area contributed by atoms with Crippen molar-refractivity contribution in [3.05, 3.63) is 59.5 Å². The predicted molar refractivity (Wildman–Crippen MR) is 132 cm³/mol. The van der Waals surface area contributed by atoms with Crippen LogP contribution < -0.4 is 9.50 Å². The molecule has 1 aromatic heterocycles. The van der Waals surface area contributed by atoms with Gasteiger partial charge in [-0.1, -0.05) is 32.0 Å². The number of hydrogen-bond donors (Lipinski definition) is 1. The van der Waals surface area contributed by atoms with Gasteiger partial charge in [-0.3, -0.25) is 4.79 Å². The average molecular weight is 498 g/mol. The van der Waals surface area contributed by atoms with E-state index in [9.17, 15) is 18.0 Å². The highest BCUT2D eigenvalue weighted by Gasteiger charge is 2.57. The molecule has 4 atom stereocenters. The number of rotatable bonds is 7. The molecule has 8 heteroatoms. The van der Waals surface area contributed by atoms with Crippen molar-refractivity contribution in [1.82, 2.24) is 5.32 Å². The number of carbonyl (C=O) groups excluding carboxylic acids is 2. The van der Waals surface area contributed by atoms with Gasteiger partial charge in [0, 0.05) is 27.9 Å². The van der Waals surface area contributed by atoms with Gasteiger partial charge in [0.15, 0.2) is 0 Å². The topological polar surface area (TPSA) is 89.5 Å². The van der Waals surface area contributed by atoms with Crippen LogP contribution in [-0.4, -0.2) is 26.7 Å². The summed E-state index contributed by atoms with van der Waals surface area (Å²) in [4.78, 5) is 24.7. The van der Waals surface area contributed by atoms with Crippen LogP contribution in [0.2, 0.25) is 0 Å². The molecule has 3 aromatic rings. The quantitative estimate of drug-likeness (QED) is 0.365. The second-order valence-corrected chi connectivity index (χ2v) is 12.4. The lowest BCUT2D eigenvalue weighted by atomic mass is 9.44. The molecule has 6 nitrogen and oxygen atoms in total. The summed E-state index contributed by atoms with van der Waals surface area (Å²) in [5.41, 5.74) is 0.646. The van der Waals surface area contributed by atoms with Crippen LogP contribution in [0.1, 0.15) is 43.5 Å². The third-order valence-electron chi connectivity index (χ3n) is 7.80. The van der Waals surface area contributed by atoms with Crippen molar-refractivity contribution in [2.45, 2.75) is 44.0 Å². The molecule has 0 unspecified atom stereocenters. The molecule has 34 heavy (non-hydrogen) atoms. The summed E-state index contributed by atoms with van der Waals surface area (Å²) < 4.78 is 31.5. The molecule has 6 rings (SSSR count). The van der Waals surface area contributed by atoms with E-state index in [1.165, 1.54) is 23.5 Å². The second kappa shape index (κ2) is 8.50. The molecule has 1 N–H and O–H groups in total. The van der Waals surface area contributed by atoms with Crippen LogP contribution in [0.4, 0.5) is 0 Å². The van der Waals surface area contributed by atoms with Crippen molar-refractivity contribution in [1.29, 1.82) is 0 Å². The Balaban J connectivity index is 1.40. The van der Waals surface area contributed by atoms with E-state index in [2.05, 4.69) is 19.2 Å². The van der Waals surface area contributed by atoms with E-state index in [1.54, 1.807) is 41.8 Å². The number of amides is 1. The monoisotopic (exact) mass is 497 g/mol. The maximum Gasteiger partial charge on any atom is 0.339 e. The van der Waals surface area contributed by atoms with Gasteiger partial charge in [0.25, 0.3) is 5.91 Å². The maximum absolute atomic E-state index is 13.4. The fraction of sp³-hybridized carbons (Fsp3) is 0.385. The number of aldehydes is 1. The third kappa shape index (κ3) is 3.92. The van der Waals surface area contributed by atoms with Gasteiger partial charge in [0.05, 0.1) is 5.56 Å². The molecule has 3 fully saturated rings. The Hall–Kier alpha value is -2.71. The number of thiophene rings is 1. The highest BCUT2D eigenvalue weighted by molar-refractivity contribution is 7.87. The van der Waals surface area contributed by atoms with Crippen LogP contribution in [0.5, 0.6) is 5.75 Å². The molecule has 3 aliphatic carbocycles. The molecular weight excluding hydrogens is 470 g/mol. The minimum absolute atomic E-state index is 0.0504. The number of fused-ring (bicyclic) bond motifs is 3. The molecule has 1 heterocycles. The van der Waals surface area contributed by atoms with Crippen LogP contribution in [-0.2, 0) is 14.9 Å². The molecule has 178 valence electrons. The molecule has 0 aliphatic heterocycles. The second-order valence-electron chi connectivity index (χ2n) is 9.92. The smallest absolute Gasteiger partial charge is 0.339 e. The van der Waals surface area contributed by atoms with Gasteiger partial charge >= 0.3 is 10.1 Å². The molecule has 3 aliphatic rings. The van der Waals surface area contributed by atoms with E-state index in [0.29, 0.717) is 29.2 Å². The largest absolute Gasteiger partial charge is 0.379 e. The molecule has 0 radical (unpaired) electrons. The number of nitrogens with one attached hydrogen (secondary N) is 1. The van der Waals surface area contributed by atoms with Crippen molar-refractivity contribution < 1.29 is 22.2 Å². The highest BCUT2D eigenvalue weighted by atomic mass is 32.2. The van der Waals surface area contributed by atoms with E-state index >= 15 is 0 Å². The zero-order chi connectivity index (χ0) is 24.1. The van der Waals surface area contributed by atoms with E-state index in [4.69, 9.17) is 4.18 Å². The Morgan fingerprint density at radius 2 is 1.94 bits per heavy atom. The van der Waals surface area contributed by atoms with E-state index in [1.807, 2.05) is 0 Å². The normalized spacial score (nSPS) is 25.4. The van der Waals surface area contributed by atoms with Crippen molar-refractivity contribution in [2.75, 3.05) is 0 Å². The Labute approximate surface area is 203 Å². The summed E-state index contributed by atoms with van der Waals surface area (Å²) in [6.45, 7) is 4.50. The first-order valence-electron chi connectivity index (χ1n) is 11.5. The van der Waals surface area contributed by atoms with Crippen molar-refractivity contribution >= 4 is 43.7 Å². The summed E-state index contributed by atoms with van der Waals surface area (Å²) >= 11 is 1.43. The fourth-order valence-corrected chi connectivity index (χ4v) is 7.58. The summed E-state index contributed by atoms with van der Waals surface area (Å²) in [6.07, 6.45) is 3.44. The number of benzene rings is 2. The molecule has 2 bridgehead atoms. The first-order chi connectivity index (χ1) is 16.2. The van der Waals surface area contributed by atoms with Gasteiger partial charge in [0.1, 0.15) is 16.9 Å². The van der Waals surface area contributed by atoms with E-state index < -0.39 is 10.1 Å². The van der Waals surface area contributed by atoms with Gasteiger partial charge in [-0.15, -0.1) is 11.3 Å². The zero-order valence-electron chi connectivity index (χ0n) is 19.1. The Bertz CT molecular complexity index is 1350. The standard InChI is InChI=1S/C26H27NO5S2/c1-26(2)17-12-16(10-11-28)24(22(26)13-17)27-25(29)21-15-33-23-9-8-18(14-20(21)23)32-34(30,31)19-6-4-3-5-7-19/h3-9,11,14-17,22,24H,10,12-13H2,1-2H3,(H,27,29)/t16-,17-,22-,24+/m1/s1. The van der Waals surface area contributed by atoms with Crippen molar-refractivity contribution in [2.24, 2.45) is 23.2 Å². The Kier molecular flexibility index (Phi) is 5.76. The van der Waals surface area contributed by atoms with Gasteiger partial charge in [-0.2, -0.15) is 8.42 Å². The molecule has 0 saturated heterocycles. The minimum Gasteiger partial charge on any atom is -0.379 e. The van der Waals surface area contributed by atoms with Crippen LogP contribution >= 0.6 is 11.3 Å². The Morgan fingerprint density at radius 3 is 2.65 bits per heavy atom. The van der Waals surface area contributed by atoms with Crippen LogP contribution in [0.3, 0.4) is 0 Å². The molecule has 2 aromatic carbocycles. The van der Waals surface area contributed by atoms with E-state index in [-0.39, 0.29) is 33.9 Å². The lowest BCUT2D eigenvalue weighted by Crippen LogP contribution is -2.63. The highest BCUT2D eigenvalue weighted by Crippen LogP contribution is 2.61. The zero-order valence-corrected chi connectivity index (χ0v) is 20.7. The SMILES string of the molecule is CC1(C)[C@@H]2C[C@@H](CC=O)[C@H](NC(=O)c3csc4ccc(OS(=O)(=O)c5ccccc5)cc34)[C@H]1C2. The summed E-state index contributed by atoms with van der Waals surface area (Å²) in [5, 5.41) is 5.68. The Morgan fingerprint density at radius 1 is 1.18 bits per heavy atom. The van der Waals surface area contributed by atoms with Gasteiger partial charge in [-0.25, -0.2) is 0 Å². The first kappa shape index (κ1) is 23.1. The lowest BCUT2D eigenvalue weighted by Gasteiger charge is -2.62. The lowest BCUT2D eigenvalue weighted by molar-refractivity contribution is -0.123. The van der Waals surface area contributed by atoms with Crippen LogP contribution in [0.15, 0.2) is 58.8 Å². The molecule has 0 spiro atoms. The number of carbonyl (C=O) groups is 2. The summed E-state index contributed by atoms with van der Waals surface area (Å²) in [6, 6.07) is 12.9. The van der Waals surface area contributed by atoms with Gasteiger partial charge in [0.2, 0.25) is 0 Å². The van der Waals surface area contributed by atoms with E-state index in [0.717, 1.165) is 23.8 Å². The minimum atomic E-state index is -3.98. The predicted octanol–water partition coefficient (Wildman–Crippen LogP) is 5.04. The van der Waals surface area contributed by atoms with Crippen molar-refractivity contribution in [3.63, 3.8) is 0 Å². The van der Waals surface area contributed by atoms with Crippen LogP contribution in [0, 0.1) is 23.2 Å². The molecule has 1 amide bonds. The fourth-order valence-electron chi connectivity index (χ4n) is 5.72. The van der Waals surface area contributed by atoms with Gasteiger partial charge < -0.3 is 14.3 Å². The van der Waals surface area contributed by atoms with Crippen LogP contribution in [0.25, 0.3) is 10.1 Å².